The Kier molecular flexibility index (Phi) is 3.68. The molecule has 0 aromatic rings. The highest BCUT2D eigenvalue weighted by atomic mass is 28.3. The topological polar surface area (TPSA) is 12.0 Å². The van der Waals surface area contributed by atoms with Gasteiger partial charge in [-0.25, -0.2) is 0 Å². The SMILES string of the molecule is C=C[Si](C=C)(C=C)NC(C)(C)C. The van der Waals surface area contributed by atoms with E-state index in [1.165, 1.54) is 0 Å². The van der Waals surface area contributed by atoms with Crippen LogP contribution >= 0.6 is 0 Å². The van der Waals surface area contributed by atoms with Gasteiger partial charge in [0.1, 0.15) is 0 Å². The third-order valence-electron chi connectivity index (χ3n) is 1.60. The molecule has 2 heteroatoms. The van der Waals surface area contributed by atoms with Gasteiger partial charge < -0.3 is 4.98 Å². The molecule has 1 N–H and O–H groups in total. The maximum Gasteiger partial charge on any atom is 0.199 e. The molecule has 0 aromatic heterocycles. The van der Waals surface area contributed by atoms with Gasteiger partial charge in [0.05, 0.1) is 0 Å². The van der Waals surface area contributed by atoms with E-state index in [1.54, 1.807) is 0 Å². The number of hydrogen-bond acceptors (Lipinski definition) is 1. The van der Waals surface area contributed by atoms with Gasteiger partial charge in [-0.2, -0.15) is 0 Å². The fraction of sp³-hybridized carbons (Fsp3) is 0.400. The summed E-state index contributed by atoms with van der Waals surface area (Å²) < 4.78 is 0. The zero-order valence-electron chi connectivity index (χ0n) is 8.35. The van der Waals surface area contributed by atoms with Crippen LogP contribution in [-0.2, 0) is 0 Å². The monoisotopic (exact) mass is 181 g/mol. The molecule has 0 rings (SSSR count). The van der Waals surface area contributed by atoms with E-state index in [-0.39, 0.29) is 5.54 Å². The Labute approximate surface area is 77.0 Å². The average Bonchev–Trinajstić information content (AvgIpc) is 1.99. The lowest BCUT2D eigenvalue weighted by molar-refractivity contribution is 0.518. The molecule has 68 valence electrons. The molecule has 0 aliphatic rings. The molecular weight excluding hydrogens is 162 g/mol. The molecule has 0 saturated carbocycles. The summed E-state index contributed by atoms with van der Waals surface area (Å²) in [4.78, 5) is 3.50. The fourth-order valence-corrected chi connectivity index (χ4v) is 3.16. The summed E-state index contributed by atoms with van der Waals surface area (Å²) in [5, 5.41) is 0. The molecule has 12 heavy (non-hydrogen) atoms. The first-order valence-corrected chi connectivity index (χ1v) is 6.32. The van der Waals surface area contributed by atoms with Gasteiger partial charge in [0, 0.05) is 5.54 Å². The maximum atomic E-state index is 3.82. The zero-order chi connectivity index (χ0) is 9.83. The van der Waals surface area contributed by atoms with Crippen LogP contribution in [0.2, 0.25) is 0 Å². The Hall–Kier alpha value is -0.603. The van der Waals surface area contributed by atoms with Gasteiger partial charge in [0.15, 0.2) is 8.24 Å². The van der Waals surface area contributed by atoms with Crippen molar-refractivity contribution in [3.05, 3.63) is 36.8 Å². The normalized spacial score (nSPS) is 12.2. The van der Waals surface area contributed by atoms with Crippen LogP contribution in [0.15, 0.2) is 36.8 Å². The first kappa shape index (κ1) is 11.4. The maximum absolute atomic E-state index is 3.82. The van der Waals surface area contributed by atoms with Crippen molar-refractivity contribution in [3.63, 3.8) is 0 Å². The third-order valence-corrected chi connectivity index (χ3v) is 4.81. The minimum Gasteiger partial charge on any atom is -0.323 e. The van der Waals surface area contributed by atoms with E-state index >= 15 is 0 Å². The highest BCUT2D eigenvalue weighted by Gasteiger charge is 2.27. The largest absolute Gasteiger partial charge is 0.323 e. The molecule has 0 atom stereocenters. The summed E-state index contributed by atoms with van der Waals surface area (Å²) in [6.45, 7) is 17.8. The van der Waals surface area contributed by atoms with Gasteiger partial charge in [-0.15, -0.1) is 19.7 Å². The Morgan fingerprint density at radius 1 is 1.00 bits per heavy atom. The Morgan fingerprint density at radius 3 is 1.42 bits per heavy atom. The predicted molar refractivity (Wildman–Crippen MR) is 59.2 cm³/mol. The third kappa shape index (κ3) is 3.20. The Bertz CT molecular complexity index is 167. The summed E-state index contributed by atoms with van der Waals surface area (Å²) in [5.41, 5.74) is 5.91. The van der Waals surface area contributed by atoms with Crippen LogP contribution in [0.25, 0.3) is 0 Å². The standard InChI is InChI=1S/C10H19NSi/c1-7-12(8-2,9-3)11-10(4,5)6/h7-9,11H,1-3H2,4-6H3. The van der Waals surface area contributed by atoms with E-state index in [0.717, 1.165) is 0 Å². The van der Waals surface area contributed by atoms with Crippen molar-refractivity contribution in [1.29, 1.82) is 0 Å². The van der Waals surface area contributed by atoms with Gasteiger partial charge in [-0.1, -0.05) is 17.1 Å². The minimum absolute atomic E-state index is 0.0861. The van der Waals surface area contributed by atoms with Crippen LogP contribution in [0.3, 0.4) is 0 Å². The molecular formula is C10H19NSi. The smallest absolute Gasteiger partial charge is 0.199 e. The molecule has 0 radical (unpaired) electrons. The van der Waals surface area contributed by atoms with Crippen LogP contribution < -0.4 is 4.98 Å². The van der Waals surface area contributed by atoms with Crippen molar-refractivity contribution < 1.29 is 0 Å². The summed E-state index contributed by atoms with van der Waals surface area (Å²) in [6, 6.07) is 0. The van der Waals surface area contributed by atoms with Crippen LogP contribution in [0.5, 0.6) is 0 Å². The van der Waals surface area contributed by atoms with Gasteiger partial charge in [-0.05, 0) is 20.8 Å². The number of hydrogen-bond donors (Lipinski definition) is 1. The van der Waals surface area contributed by atoms with Gasteiger partial charge in [-0.3, -0.25) is 0 Å². The van der Waals surface area contributed by atoms with Crippen molar-refractivity contribution in [2.45, 2.75) is 26.3 Å². The van der Waals surface area contributed by atoms with Crippen LogP contribution in [0, 0.1) is 0 Å². The van der Waals surface area contributed by atoms with E-state index in [9.17, 15) is 0 Å². The molecule has 0 aliphatic carbocycles. The van der Waals surface area contributed by atoms with Gasteiger partial charge >= 0.3 is 0 Å². The molecule has 0 saturated heterocycles. The van der Waals surface area contributed by atoms with Crippen molar-refractivity contribution in [2.75, 3.05) is 0 Å². The molecule has 0 spiro atoms. The predicted octanol–water partition coefficient (Wildman–Crippen LogP) is 2.50. The lowest BCUT2D eigenvalue weighted by Gasteiger charge is -2.31. The Morgan fingerprint density at radius 2 is 1.33 bits per heavy atom. The molecule has 0 fully saturated rings. The molecule has 0 aliphatic heterocycles. The van der Waals surface area contributed by atoms with Gasteiger partial charge in [0.2, 0.25) is 0 Å². The second kappa shape index (κ2) is 3.87. The summed E-state index contributed by atoms with van der Waals surface area (Å²) in [7, 11) is -1.81. The van der Waals surface area contributed by atoms with Gasteiger partial charge in [0.25, 0.3) is 0 Å². The van der Waals surface area contributed by atoms with E-state index in [2.05, 4.69) is 45.5 Å². The molecule has 0 bridgehead atoms. The zero-order valence-corrected chi connectivity index (χ0v) is 9.35. The van der Waals surface area contributed by atoms with E-state index in [1.807, 2.05) is 17.1 Å². The van der Waals surface area contributed by atoms with Crippen molar-refractivity contribution in [1.82, 2.24) is 4.98 Å². The second-order valence-electron chi connectivity index (χ2n) is 3.92. The molecule has 0 amide bonds. The summed E-state index contributed by atoms with van der Waals surface area (Å²) in [5.74, 6) is 0. The molecule has 0 aromatic carbocycles. The first-order valence-electron chi connectivity index (χ1n) is 4.09. The quantitative estimate of drug-likeness (QED) is 0.657. The lowest BCUT2D eigenvalue weighted by Crippen LogP contribution is -2.55. The number of rotatable bonds is 4. The Balaban J connectivity index is 4.63. The minimum atomic E-state index is -1.81. The fourth-order valence-electron chi connectivity index (χ4n) is 1.05. The van der Waals surface area contributed by atoms with E-state index in [0.29, 0.717) is 0 Å². The van der Waals surface area contributed by atoms with Crippen molar-refractivity contribution in [3.8, 4) is 0 Å². The molecule has 0 heterocycles. The highest BCUT2D eigenvalue weighted by Crippen LogP contribution is 2.10. The lowest BCUT2D eigenvalue weighted by atomic mass is 10.1. The van der Waals surface area contributed by atoms with E-state index in [4.69, 9.17) is 0 Å². The second-order valence-corrected chi connectivity index (χ2v) is 7.26. The van der Waals surface area contributed by atoms with E-state index < -0.39 is 8.24 Å². The summed E-state index contributed by atoms with van der Waals surface area (Å²) in [6.07, 6.45) is 0. The van der Waals surface area contributed by atoms with Crippen molar-refractivity contribution in [2.24, 2.45) is 0 Å². The highest BCUT2D eigenvalue weighted by molar-refractivity contribution is 6.91. The number of nitrogens with one attached hydrogen (secondary N) is 1. The van der Waals surface area contributed by atoms with Crippen LogP contribution in [0.4, 0.5) is 0 Å². The van der Waals surface area contributed by atoms with Crippen LogP contribution in [0.1, 0.15) is 20.8 Å². The molecule has 0 unspecified atom stereocenters. The average molecular weight is 181 g/mol. The van der Waals surface area contributed by atoms with Crippen molar-refractivity contribution >= 4 is 8.24 Å². The summed E-state index contributed by atoms with van der Waals surface area (Å²) >= 11 is 0. The molecule has 1 nitrogen and oxygen atoms in total. The van der Waals surface area contributed by atoms with Crippen LogP contribution in [-0.4, -0.2) is 13.8 Å². The first-order chi connectivity index (χ1) is 5.39.